The molecule has 3 heteroatoms. The van der Waals surface area contributed by atoms with Crippen LogP contribution in [0.3, 0.4) is 0 Å². The molecule has 0 amide bonds. The summed E-state index contributed by atoms with van der Waals surface area (Å²) >= 11 is 2.11. The number of hydrogen-bond donors (Lipinski definition) is 1. The Kier molecular flexibility index (Phi) is 4.07. The Labute approximate surface area is 56.6 Å². The molecule has 0 spiro atoms. The van der Waals surface area contributed by atoms with Crippen molar-refractivity contribution in [3.63, 3.8) is 0 Å². The zero-order chi connectivity index (χ0) is 5.70. The van der Waals surface area contributed by atoms with E-state index in [4.69, 9.17) is 5.84 Å². The summed E-state index contributed by atoms with van der Waals surface area (Å²) in [7, 11) is 0. The van der Waals surface area contributed by atoms with Crippen LogP contribution in [0.2, 0.25) is 0 Å². The van der Waals surface area contributed by atoms with Gasteiger partial charge in [0.25, 0.3) is 0 Å². The van der Waals surface area contributed by atoms with Gasteiger partial charge < -0.3 is 5.84 Å². The second-order valence-corrected chi connectivity index (χ2v) is 1.78. The van der Waals surface area contributed by atoms with Gasteiger partial charge >= 0.3 is 0 Å². The molecule has 0 atom stereocenters. The molecule has 0 fully saturated rings. The molecular weight excluding hydrogens is 203 g/mol. The normalized spacial score (nSPS) is 13.1. The summed E-state index contributed by atoms with van der Waals surface area (Å²) in [4.78, 5) is 0. The summed E-state index contributed by atoms with van der Waals surface area (Å²) in [6, 6.07) is 0. The molecule has 0 aliphatic carbocycles. The van der Waals surface area contributed by atoms with Crippen LogP contribution >= 0.6 is 22.6 Å². The fourth-order valence-electron chi connectivity index (χ4n) is 0.134. The van der Waals surface area contributed by atoms with E-state index in [1.165, 1.54) is 0 Å². The van der Waals surface area contributed by atoms with Crippen LogP contribution in [0.25, 0.3) is 0 Å². The summed E-state index contributed by atoms with van der Waals surface area (Å²) in [5, 5.41) is 3.40. The average molecular weight is 210 g/mol. The minimum absolute atomic E-state index is 0.842. The van der Waals surface area contributed by atoms with Crippen LogP contribution in [0.4, 0.5) is 0 Å². The van der Waals surface area contributed by atoms with Gasteiger partial charge in [-0.3, -0.25) is 0 Å². The predicted octanol–water partition coefficient (Wildman–Crippen LogP) is 1.27. The van der Waals surface area contributed by atoms with Crippen molar-refractivity contribution in [2.24, 2.45) is 10.9 Å². The highest BCUT2D eigenvalue weighted by Crippen LogP contribution is 1.84. The highest BCUT2D eigenvalue weighted by atomic mass is 127. The zero-order valence-electron chi connectivity index (χ0n) is 4.06. The lowest BCUT2D eigenvalue weighted by Gasteiger charge is -1.79. The van der Waals surface area contributed by atoms with E-state index < -0.39 is 0 Å². The molecule has 7 heavy (non-hydrogen) atoms. The van der Waals surface area contributed by atoms with Gasteiger partial charge in [0.2, 0.25) is 0 Å². The number of rotatable bonds is 1. The molecule has 0 heterocycles. The maximum atomic E-state index is 4.89. The van der Waals surface area contributed by atoms with Gasteiger partial charge in [-0.2, -0.15) is 5.10 Å². The minimum Gasteiger partial charge on any atom is -0.323 e. The van der Waals surface area contributed by atoms with Crippen molar-refractivity contribution in [2.75, 3.05) is 0 Å². The van der Waals surface area contributed by atoms with Gasteiger partial charge in [-0.05, 0) is 17.1 Å². The highest BCUT2D eigenvalue weighted by molar-refractivity contribution is 14.1. The third-order valence-electron chi connectivity index (χ3n) is 0.508. The molecule has 0 aromatic heterocycles. The van der Waals surface area contributed by atoms with E-state index in [1.54, 1.807) is 0 Å². The third-order valence-corrected chi connectivity index (χ3v) is 0.867. The van der Waals surface area contributed by atoms with Gasteiger partial charge in [0.15, 0.2) is 0 Å². The minimum atomic E-state index is 0.842. The Morgan fingerprint density at radius 1 is 1.86 bits per heavy atom. The fourth-order valence-corrected chi connectivity index (χ4v) is 0.655. The molecule has 40 valence electrons. The van der Waals surface area contributed by atoms with Crippen molar-refractivity contribution >= 4 is 28.3 Å². The standard InChI is InChI=1S/C4H7IN2/c1-4(7-6)2-3-5/h2-3H,6H2,1H3/b3-2-,7-4-. The molecule has 0 aliphatic heterocycles. The number of nitrogens with two attached hydrogens (primary N) is 1. The summed E-state index contributed by atoms with van der Waals surface area (Å²) in [6.45, 7) is 1.84. The first kappa shape index (κ1) is 6.94. The van der Waals surface area contributed by atoms with E-state index in [2.05, 4.69) is 27.7 Å². The van der Waals surface area contributed by atoms with E-state index in [9.17, 15) is 0 Å². The molecule has 2 N–H and O–H groups in total. The molecule has 0 radical (unpaired) electrons. The van der Waals surface area contributed by atoms with E-state index in [0.29, 0.717) is 0 Å². The summed E-state index contributed by atoms with van der Waals surface area (Å²) < 4.78 is 1.86. The van der Waals surface area contributed by atoms with Crippen LogP contribution in [0.5, 0.6) is 0 Å². The van der Waals surface area contributed by atoms with Crippen molar-refractivity contribution in [3.05, 3.63) is 10.2 Å². The van der Waals surface area contributed by atoms with Gasteiger partial charge in [0.05, 0.1) is 5.71 Å². The maximum Gasteiger partial charge on any atom is 0.0574 e. The number of hydrazone groups is 1. The smallest absolute Gasteiger partial charge is 0.0574 e. The monoisotopic (exact) mass is 210 g/mol. The second kappa shape index (κ2) is 4.11. The van der Waals surface area contributed by atoms with Crippen LogP contribution in [0.15, 0.2) is 15.3 Å². The van der Waals surface area contributed by atoms with Gasteiger partial charge in [-0.1, -0.05) is 22.6 Å². The average Bonchev–Trinajstić information content (AvgIpc) is 1.68. The van der Waals surface area contributed by atoms with Gasteiger partial charge in [-0.15, -0.1) is 0 Å². The Morgan fingerprint density at radius 3 is 2.57 bits per heavy atom. The Balaban J connectivity index is 3.58. The van der Waals surface area contributed by atoms with Crippen molar-refractivity contribution in [1.82, 2.24) is 0 Å². The molecule has 0 unspecified atom stereocenters. The summed E-state index contributed by atoms with van der Waals surface area (Å²) in [5.74, 6) is 4.89. The molecule has 0 aromatic carbocycles. The first-order chi connectivity index (χ1) is 3.31. The van der Waals surface area contributed by atoms with Crippen LogP contribution in [0.1, 0.15) is 6.92 Å². The van der Waals surface area contributed by atoms with Crippen molar-refractivity contribution in [1.29, 1.82) is 0 Å². The maximum absolute atomic E-state index is 4.89. The number of allylic oxidation sites excluding steroid dienone is 1. The van der Waals surface area contributed by atoms with Crippen LogP contribution < -0.4 is 5.84 Å². The molecule has 2 nitrogen and oxygen atoms in total. The predicted molar refractivity (Wildman–Crippen MR) is 40.5 cm³/mol. The van der Waals surface area contributed by atoms with E-state index in [-0.39, 0.29) is 0 Å². The lowest BCUT2D eigenvalue weighted by atomic mass is 10.4. The molecule has 0 rings (SSSR count). The molecule has 0 aromatic rings. The summed E-state index contributed by atoms with van der Waals surface area (Å²) in [6.07, 6.45) is 1.83. The van der Waals surface area contributed by atoms with E-state index in [0.717, 1.165) is 5.71 Å². The lowest BCUT2D eigenvalue weighted by molar-refractivity contribution is 1.24. The number of nitrogens with zero attached hydrogens (tertiary/aromatic N) is 1. The third kappa shape index (κ3) is 3.78. The van der Waals surface area contributed by atoms with Crippen molar-refractivity contribution < 1.29 is 0 Å². The topological polar surface area (TPSA) is 38.4 Å². The van der Waals surface area contributed by atoms with E-state index in [1.807, 2.05) is 17.1 Å². The van der Waals surface area contributed by atoms with Gasteiger partial charge in [0.1, 0.15) is 0 Å². The van der Waals surface area contributed by atoms with Crippen LogP contribution in [-0.4, -0.2) is 5.71 Å². The second-order valence-electron chi connectivity index (χ2n) is 1.06. The van der Waals surface area contributed by atoms with E-state index >= 15 is 0 Å². The van der Waals surface area contributed by atoms with Crippen LogP contribution in [0, 0.1) is 0 Å². The first-order valence-electron chi connectivity index (χ1n) is 1.82. The highest BCUT2D eigenvalue weighted by Gasteiger charge is 1.73. The van der Waals surface area contributed by atoms with Gasteiger partial charge in [0, 0.05) is 0 Å². The summed E-state index contributed by atoms with van der Waals surface area (Å²) in [5.41, 5.74) is 0.842. The molecular formula is C4H7IN2. The first-order valence-corrected chi connectivity index (χ1v) is 3.07. The molecule has 0 bridgehead atoms. The Morgan fingerprint density at radius 2 is 2.43 bits per heavy atom. The van der Waals surface area contributed by atoms with Crippen molar-refractivity contribution in [2.45, 2.75) is 6.92 Å². The van der Waals surface area contributed by atoms with Crippen molar-refractivity contribution in [3.8, 4) is 0 Å². The Hall–Kier alpha value is -0.0600. The van der Waals surface area contributed by atoms with Crippen LogP contribution in [-0.2, 0) is 0 Å². The largest absolute Gasteiger partial charge is 0.323 e. The Bertz CT molecular complexity index is 95.9. The SMILES string of the molecule is CC(/C=C\I)=N/N. The molecule has 0 saturated carbocycles. The van der Waals surface area contributed by atoms with Gasteiger partial charge in [-0.25, -0.2) is 0 Å². The molecule has 0 saturated heterocycles. The fraction of sp³-hybridized carbons (Fsp3) is 0.250. The molecule has 0 aliphatic rings. The quantitative estimate of drug-likeness (QED) is 0.301. The lowest BCUT2D eigenvalue weighted by Crippen LogP contribution is -1.89. The zero-order valence-corrected chi connectivity index (χ0v) is 6.21. The number of halogens is 1. The number of hydrogen-bond acceptors (Lipinski definition) is 2.